The van der Waals surface area contributed by atoms with Gasteiger partial charge in [-0.25, -0.2) is 0 Å². The van der Waals surface area contributed by atoms with Crippen molar-refractivity contribution in [2.24, 2.45) is 5.41 Å². The smallest absolute Gasteiger partial charge is 0.207 e. The van der Waals surface area contributed by atoms with Crippen molar-refractivity contribution >= 4 is 11.6 Å². The molecule has 0 radical (unpaired) electrons. The first-order valence-electron chi connectivity index (χ1n) is 25.6. The van der Waals surface area contributed by atoms with Gasteiger partial charge in [-0.05, 0) is 31.1 Å². The van der Waals surface area contributed by atoms with Gasteiger partial charge in [-0.2, -0.15) is 0 Å². The van der Waals surface area contributed by atoms with E-state index in [-0.39, 0.29) is 54.2 Å². The van der Waals surface area contributed by atoms with Gasteiger partial charge in [0.1, 0.15) is 0 Å². The van der Waals surface area contributed by atoms with Gasteiger partial charge >= 0.3 is 0 Å². The Bertz CT molecular complexity index is 868. The topological polar surface area (TPSA) is 77.8 Å². The molecule has 0 saturated heterocycles. The average Bonchev–Trinajstić information content (AvgIpc) is 3.17. The number of aliphatic hydroxyl groups excluding tert-OH is 2. The number of nitrogens with zero attached hydrogens (tertiary/aromatic N) is 2. The largest absolute Gasteiger partial charge is 1.00 e. The first-order valence-corrected chi connectivity index (χ1v) is 25.6. The fraction of sp³-hybridized carbons (Fsp3) is 0.961. The molecule has 7 heteroatoms. The Kier molecular flexibility index (Phi) is 39.7. The van der Waals surface area contributed by atoms with Gasteiger partial charge in [0.2, 0.25) is 6.04 Å². The molecule has 346 valence electrons. The summed E-state index contributed by atoms with van der Waals surface area (Å²) in [4.78, 5) is 30.1. The van der Waals surface area contributed by atoms with Gasteiger partial charge in [0.05, 0.1) is 32.8 Å². The summed E-state index contributed by atoms with van der Waals surface area (Å²) in [5.74, 6) is 0.346. The molecule has 2 N–H and O–H groups in total. The van der Waals surface area contributed by atoms with Crippen LogP contribution in [-0.4, -0.2) is 89.7 Å². The maximum absolute atomic E-state index is 14.0. The Balaban J connectivity index is 0.0000325. The van der Waals surface area contributed by atoms with Crippen LogP contribution in [0.25, 0.3) is 0 Å². The Morgan fingerprint density at radius 3 is 0.983 bits per heavy atom. The minimum Gasteiger partial charge on any atom is -1.00 e. The van der Waals surface area contributed by atoms with Crippen LogP contribution in [0.1, 0.15) is 252 Å². The first kappa shape index (κ1) is 57.9. The van der Waals surface area contributed by atoms with Gasteiger partial charge in [-0.15, -0.1) is 0 Å². The third kappa shape index (κ3) is 30.0. The number of quaternary nitrogens is 1. The van der Waals surface area contributed by atoms with Crippen molar-refractivity contribution in [2.75, 3.05) is 52.5 Å². The summed E-state index contributed by atoms with van der Waals surface area (Å²) in [6, 6.07) is -0.519. The molecule has 1 aliphatic rings. The van der Waals surface area contributed by atoms with Crippen LogP contribution >= 0.6 is 0 Å². The molecule has 1 fully saturated rings. The van der Waals surface area contributed by atoms with E-state index in [4.69, 9.17) is 0 Å². The van der Waals surface area contributed by atoms with Gasteiger partial charge in [0.25, 0.3) is 0 Å². The molecule has 1 saturated carbocycles. The summed E-state index contributed by atoms with van der Waals surface area (Å²) in [5.41, 5.74) is -0.248. The van der Waals surface area contributed by atoms with Crippen LogP contribution < -0.4 is 24.0 Å². The molecule has 0 aromatic carbocycles. The third-order valence-electron chi connectivity index (χ3n) is 13.3. The molecule has 0 amide bonds. The van der Waals surface area contributed by atoms with E-state index >= 15 is 0 Å². The molecular formula is C51H101IN2O4. The highest BCUT2D eigenvalue weighted by molar-refractivity contribution is 6.07. The number of hydrogen-bond acceptors (Lipinski definition) is 5. The predicted octanol–water partition coefficient (Wildman–Crippen LogP) is 10.3. The average molecular weight is 933 g/mol. The van der Waals surface area contributed by atoms with Crippen molar-refractivity contribution in [1.29, 1.82) is 0 Å². The number of aliphatic hydroxyl groups is 2. The summed E-state index contributed by atoms with van der Waals surface area (Å²) in [5, 5.41) is 19.3. The monoisotopic (exact) mass is 933 g/mol. The zero-order valence-electron chi connectivity index (χ0n) is 39.5. The number of hydrogen-bond donors (Lipinski definition) is 2. The molecule has 58 heavy (non-hydrogen) atoms. The summed E-state index contributed by atoms with van der Waals surface area (Å²) in [6.07, 6.45) is 44.8. The normalized spacial score (nSPS) is 14.8. The fourth-order valence-electron chi connectivity index (χ4n) is 9.89. The van der Waals surface area contributed by atoms with Crippen molar-refractivity contribution in [3.8, 4) is 0 Å². The molecule has 0 aromatic heterocycles. The van der Waals surface area contributed by atoms with Crippen LogP contribution in [-0.2, 0) is 9.59 Å². The molecule has 0 atom stereocenters. The Morgan fingerprint density at radius 2 is 0.707 bits per heavy atom. The van der Waals surface area contributed by atoms with Crippen molar-refractivity contribution in [1.82, 2.24) is 4.90 Å². The maximum Gasteiger partial charge on any atom is 0.207 e. The number of unbranched alkanes of at least 4 members (excludes halogenated alkanes) is 30. The zero-order valence-corrected chi connectivity index (χ0v) is 41.6. The van der Waals surface area contributed by atoms with Crippen molar-refractivity contribution in [3.05, 3.63) is 0 Å². The molecule has 1 rings (SSSR count). The number of carbonyl (C=O) groups is 2. The first-order chi connectivity index (χ1) is 27.7. The highest BCUT2D eigenvalue weighted by Crippen LogP contribution is 2.36. The van der Waals surface area contributed by atoms with Crippen molar-refractivity contribution in [2.45, 2.75) is 258 Å². The van der Waals surface area contributed by atoms with E-state index in [1.165, 1.54) is 193 Å². The van der Waals surface area contributed by atoms with Crippen LogP contribution in [0.4, 0.5) is 0 Å². The van der Waals surface area contributed by atoms with Gasteiger partial charge in [0, 0.05) is 38.9 Å². The second kappa shape index (κ2) is 39.7. The molecule has 0 aliphatic heterocycles. The van der Waals surface area contributed by atoms with Gasteiger partial charge in [0.15, 0.2) is 11.6 Å². The lowest BCUT2D eigenvalue weighted by Gasteiger charge is -2.47. The molecule has 0 heterocycles. The fourth-order valence-corrected chi connectivity index (χ4v) is 9.89. The van der Waals surface area contributed by atoms with E-state index in [1.54, 1.807) is 0 Å². The predicted molar refractivity (Wildman–Crippen MR) is 246 cm³/mol. The minimum absolute atomic E-state index is 0. The number of halogens is 1. The number of rotatable bonds is 43. The molecule has 0 bridgehead atoms. The SMILES string of the molecule is CCCCCCCCCCCCCCCCCC[N+](CCCCCCCCCCCCCCCCCC)(CCCN(CCO)CCO)C1C(=O)CC(C)(C)CC1=O.[I-]. The summed E-state index contributed by atoms with van der Waals surface area (Å²) in [7, 11) is 0. The quantitative estimate of drug-likeness (QED) is 0.0276. The summed E-state index contributed by atoms with van der Waals surface area (Å²) in [6.45, 7) is 13.4. The second-order valence-corrected chi connectivity index (χ2v) is 19.5. The van der Waals surface area contributed by atoms with E-state index in [9.17, 15) is 19.8 Å². The molecule has 0 aromatic rings. The lowest BCUT2D eigenvalue weighted by molar-refractivity contribution is -0.935. The van der Waals surface area contributed by atoms with E-state index in [2.05, 4.69) is 32.6 Å². The lowest BCUT2D eigenvalue weighted by Crippen LogP contribution is -3.00. The van der Waals surface area contributed by atoms with E-state index < -0.39 is 6.04 Å². The van der Waals surface area contributed by atoms with Gasteiger partial charge in [-0.1, -0.05) is 207 Å². The third-order valence-corrected chi connectivity index (χ3v) is 13.3. The zero-order chi connectivity index (χ0) is 41.7. The van der Waals surface area contributed by atoms with E-state index in [1.807, 2.05) is 0 Å². The minimum atomic E-state index is -0.519. The Hall–Kier alpha value is -0.0900. The van der Waals surface area contributed by atoms with Crippen LogP contribution in [0.15, 0.2) is 0 Å². The van der Waals surface area contributed by atoms with E-state index in [0.29, 0.717) is 30.4 Å². The molecule has 0 spiro atoms. The number of carbonyl (C=O) groups excluding carboxylic acids is 2. The molecule has 6 nitrogen and oxygen atoms in total. The Labute approximate surface area is 379 Å². The van der Waals surface area contributed by atoms with Crippen LogP contribution in [0.5, 0.6) is 0 Å². The molecule has 0 unspecified atom stereocenters. The van der Waals surface area contributed by atoms with E-state index in [0.717, 1.165) is 45.4 Å². The highest BCUT2D eigenvalue weighted by Gasteiger charge is 2.51. The van der Waals surface area contributed by atoms with Gasteiger partial charge in [-0.3, -0.25) is 14.5 Å². The van der Waals surface area contributed by atoms with Crippen LogP contribution in [0.2, 0.25) is 0 Å². The molecule has 1 aliphatic carbocycles. The Morgan fingerprint density at radius 1 is 0.448 bits per heavy atom. The number of ketones is 2. The lowest BCUT2D eigenvalue weighted by atomic mass is 9.73. The second-order valence-electron chi connectivity index (χ2n) is 19.5. The van der Waals surface area contributed by atoms with Crippen LogP contribution in [0.3, 0.4) is 0 Å². The van der Waals surface area contributed by atoms with Crippen molar-refractivity contribution in [3.63, 3.8) is 0 Å². The summed E-state index contributed by atoms with van der Waals surface area (Å²) >= 11 is 0. The highest BCUT2D eigenvalue weighted by atomic mass is 127. The summed E-state index contributed by atoms with van der Waals surface area (Å²) < 4.78 is 0.636. The standard InChI is InChI=1S/C51H101N2O4.HI/c1-5-7-9-11-13-15-17-19-21-23-25-27-29-31-33-35-41-53(43-37-38-52(39-44-54)40-45-55,50-48(56)46-51(3,4)47-49(50)57)42-36-34-32-30-28-26-24-22-20-18-16-14-12-10-8-6-2;/h50,54-55H,5-47H2,1-4H3;1H/q+1;/p-1. The number of Topliss-reactive ketones (excluding diaryl/α,β-unsaturated/α-hetero) is 2. The van der Waals surface area contributed by atoms with Crippen LogP contribution in [0, 0.1) is 5.41 Å². The molecular weight excluding hydrogens is 831 g/mol. The van der Waals surface area contributed by atoms with Crippen molar-refractivity contribution < 1.29 is 48.3 Å². The van der Waals surface area contributed by atoms with Gasteiger partial charge < -0.3 is 38.7 Å². The maximum atomic E-state index is 14.0.